The summed E-state index contributed by atoms with van der Waals surface area (Å²) in [7, 11) is 0. The van der Waals surface area contributed by atoms with E-state index in [9.17, 15) is 17.6 Å². The third kappa shape index (κ3) is 5.36. The molecule has 4 aromatic rings. The minimum absolute atomic E-state index is 0.0446. The molecule has 2 aromatic carbocycles. The summed E-state index contributed by atoms with van der Waals surface area (Å²) < 4.78 is 65.7. The maximum atomic E-state index is 14.7. The van der Waals surface area contributed by atoms with Gasteiger partial charge in [0.1, 0.15) is 5.82 Å². The molecule has 0 aliphatic carbocycles. The zero-order valence-electron chi connectivity index (χ0n) is 22.2. The predicted molar refractivity (Wildman–Crippen MR) is 143 cm³/mol. The van der Waals surface area contributed by atoms with E-state index in [4.69, 9.17) is 21.1 Å². The maximum Gasteiger partial charge on any atom is 0.451 e. The minimum atomic E-state index is -4.59. The zero-order valence-corrected chi connectivity index (χ0v) is 23.0. The molecule has 12 heteroatoms. The van der Waals surface area contributed by atoms with Crippen LogP contribution in [-0.4, -0.2) is 38.2 Å². The van der Waals surface area contributed by atoms with Crippen LogP contribution in [0.5, 0.6) is 11.5 Å². The van der Waals surface area contributed by atoms with Crippen molar-refractivity contribution in [3.05, 3.63) is 87.7 Å². The Morgan fingerprint density at radius 2 is 1.90 bits per heavy atom. The molecule has 0 spiro atoms. The van der Waals surface area contributed by atoms with Gasteiger partial charge in [-0.05, 0) is 74.7 Å². The summed E-state index contributed by atoms with van der Waals surface area (Å²) in [6.45, 7) is 5.82. The highest BCUT2D eigenvalue weighted by molar-refractivity contribution is 6.30. The smallest absolute Gasteiger partial charge is 0.444 e. The van der Waals surface area contributed by atoms with Crippen LogP contribution >= 0.6 is 11.6 Å². The molecule has 0 bridgehead atoms. The molecule has 2 aromatic heterocycles. The summed E-state index contributed by atoms with van der Waals surface area (Å²) in [5.74, 6) is -1.54. The van der Waals surface area contributed by atoms with Gasteiger partial charge in [-0.15, -0.1) is 0 Å². The normalized spacial score (nSPS) is 19.6. The first-order valence-corrected chi connectivity index (χ1v) is 13.5. The number of pyridine rings is 1. The van der Waals surface area contributed by atoms with Crippen LogP contribution in [0.4, 0.5) is 17.6 Å². The lowest BCUT2D eigenvalue weighted by Gasteiger charge is -2.32. The molecule has 6 rings (SSSR count). The number of nitrogens with one attached hydrogen (secondary N) is 1. The van der Waals surface area contributed by atoms with Crippen molar-refractivity contribution >= 4 is 11.6 Å². The summed E-state index contributed by atoms with van der Waals surface area (Å²) in [5, 5.41) is 5.92. The average Bonchev–Trinajstić information content (AvgIpc) is 3.55. The lowest BCUT2D eigenvalue weighted by atomic mass is 9.88. The topological polar surface area (TPSA) is 76.2 Å². The SMILES string of the molecule is Cc1cc(-c2n[nH]c(C(F)(F)F)n2)cnc1CN1CCC(c2cccc3c2OC(C)(c2ccc(Cl)cc2F)O3)CC1. The van der Waals surface area contributed by atoms with E-state index in [0.29, 0.717) is 28.6 Å². The number of alkyl halides is 3. The number of H-pyrrole nitrogens is 1. The van der Waals surface area contributed by atoms with Crippen molar-refractivity contribution in [2.45, 2.75) is 51.1 Å². The van der Waals surface area contributed by atoms with E-state index in [0.717, 1.165) is 42.8 Å². The number of rotatable bonds is 5. The fourth-order valence-electron chi connectivity index (χ4n) is 5.46. The van der Waals surface area contributed by atoms with E-state index >= 15 is 0 Å². The Balaban J connectivity index is 1.12. The van der Waals surface area contributed by atoms with Gasteiger partial charge in [-0.2, -0.15) is 18.3 Å². The largest absolute Gasteiger partial charge is 0.451 e. The molecule has 1 N–H and O–H groups in total. The van der Waals surface area contributed by atoms with E-state index in [1.54, 1.807) is 25.1 Å². The van der Waals surface area contributed by atoms with Crippen molar-refractivity contribution in [2.75, 3.05) is 13.1 Å². The first kappa shape index (κ1) is 27.5. The van der Waals surface area contributed by atoms with Crippen LogP contribution in [0.15, 0.2) is 48.7 Å². The Morgan fingerprint density at radius 3 is 2.59 bits per heavy atom. The number of likely N-dealkylation sites (tertiary alicyclic amines) is 1. The third-order valence-corrected chi connectivity index (χ3v) is 7.87. The number of aromatic amines is 1. The van der Waals surface area contributed by atoms with Gasteiger partial charge in [-0.25, -0.2) is 9.37 Å². The molecule has 0 saturated carbocycles. The first-order chi connectivity index (χ1) is 19.5. The minimum Gasteiger partial charge on any atom is -0.444 e. The van der Waals surface area contributed by atoms with Crippen molar-refractivity contribution in [3.8, 4) is 22.9 Å². The molecule has 1 unspecified atom stereocenters. The number of nitrogens with zero attached hydrogens (tertiary/aromatic N) is 4. The highest BCUT2D eigenvalue weighted by Gasteiger charge is 2.43. The van der Waals surface area contributed by atoms with Crippen LogP contribution < -0.4 is 9.47 Å². The number of hydrogen-bond acceptors (Lipinski definition) is 6. The monoisotopic (exact) mass is 587 g/mol. The van der Waals surface area contributed by atoms with Crippen LogP contribution in [-0.2, 0) is 18.5 Å². The van der Waals surface area contributed by atoms with Gasteiger partial charge >= 0.3 is 6.18 Å². The van der Waals surface area contributed by atoms with Gasteiger partial charge in [-0.1, -0.05) is 23.7 Å². The molecule has 214 valence electrons. The molecular formula is C29H26ClF4N5O2. The molecule has 1 fully saturated rings. The van der Waals surface area contributed by atoms with E-state index in [2.05, 4.69) is 20.0 Å². The van der Waals surface area contributed by atoms with Gasteiger partial charge in [0.25, 0.3) is 5.79 Å². The zero-order chi connectivity index (χ0) is 28.9. The van der Waals surface area contributed by atoms with Gasteiger partial charge < -0.3 is 9.47 Å². The lowest BCUT2D eigenvalue weighted by molar-refractivity contribution is -0.144. The van der Waals surface area contributed by atoms with Crippen molar-refractivity contribution in [3.63, 3.8) is 0 Å². The van der Waals surface area contributed by atoms with E-state index in [-0.39, 0.29) is 17.3 Å². The van der Waals surface area contributed by atoms with Crippen LogP contribution in [0, 0.1) is 12.7 Å². The van der Waals surface area contributed by atoms with Gasteiger partial charge in [0.2, 0.25) is 5.82 Å². The molecule has 7 nitrogen and oxygen atoms in total. The maximum absolute atomic E-state index is 14.7. The molecule has 0 amide bonds. The molecule has 1 atom stereocenters. The van der Waals surface area contributed by atoms with Crippen molar-refractivity contribution in [1.29, 1.82) is 0 Å². The number of hydrogen-bond donors (Lipinski definition) is 1. The molecule has 0 radical (unpaired) electrons. The highest BCUT2D eigenvalue weighted by Crippen LogP contribution is 2.49. The average molecular weight is 588 g/mol. The summed E-state index contributed by atoms with van der Waals surface area (Å²) in [6.07, 6.45) is -1.34. The molecule has 4 heterocycles. The fourth-order valence-corrected chi connectivity index (χ4v) is 5.62. The molecule has 41 heavy (non-hydrogen) atoms. The Bertz CT molecular complexity index is 1600. The standard InChI is InChI=1S/C29H26ClF4N5O2/c1-16-12-18(26-36-27(38-37-26)29(32,33)34)14-35-23(16)15-39-10-8-17(9-11-39)20-4-3-5-24-25(20)41-28(2,40-24)21-7-6-19(30)13-22(21)31/h3-7,12-14,17H,8-11,15H2,1-2H3,(H,36,37,38). The first-order valence-electron chi connectivity index (χ1n) is 13.1. The van der Waals surface area contributed by atoms with Gasteiger partial charge in [0.05, 0.1) is 11.3 Å². The number of fused-ring (bicyclic) bond motifs is 1. The molecule has 2 aliphatic rings. The quantitative estimate of drug-likeness (QED) is 0.253. The molecule has 1 saturated heterocycles. The van der Waals surface area contributed by atoms with Crippen molar-refractivity contribution in [1.82, 2.24) is 25.1 Å². The number of benzene rings is 2. The summed E-state index contributed by atoms with van der Waals surface area (Å²) in [6, 6.07) is 12.0. The third-order valence-electron chi connectivity index (χ3n) is 7.63. The van der Waals surface area contributed by atoms with E-state index in [1.807, 2.05) is 30.2 Å². The van der Waals surface area contributed by atoms with Gasteiger partial charge in [0.15, 0.2) is 17.3 Å². The van der Waals surface area contributed by atoms with Gasteiger partial charge in [-0.3, -0.25) is 15.0 Å². The Morgan fingerprint density at radius 1 is 1.12 bits per heavy atom. The second-order valence-electron chi connectivity index (χ2n) is 10.5. The Labute approximate surface area is 238 Å². The van der Waals surface area contributed by atoms with E-state index in [1.165, 1.54) is 12.3 Å². The molecule has 2 aliphatic heterocycles. The van der Waals surface area contributed by atoms with E-state index < -0.39 is 23.6 Å². The summed E-state index contributed by atoms with van der Waals surface area (Å²) in [5.41, 5.74) is 3.42. The van der Waals surface area contributed by atoms with Crippen LogP contribution in [0.1, 0.15) is 53.9 Å². The van der Waals surface area contributed by atoms with Crippen molar-refractivity contribution in [2.24, 2.45) is 0 Å². The second-order valence-corrected chi connectivity index (χ2v) is 10.9. The number of halogens is 5. The van der Waals surface area contributed by atoms with Crippen molar-refractivity contribution < 1.29 is 27.0 Å². The Kier molecular flexibility index (Phi) is 6.89. The predicted octanol–water partition coefficient (Wildman–Crippen LogP) is 7.01. The number of ether oxygens (including phenoxy) is 2. The highest BCUT2D eigenvalue weighted by atomic mass is 35.5. The van der Waals surface area contributed by atoms with Crippen LogP contribution in [0.25, 0.3) is 11.4 Å². The van der Waals surface area contributed by atoms with Gasteiger partial charge in [0, 0.05) is 35.8 Å². The number of piperidine rings is 1. The molecular weight excluding hydrogens is 562 g/mol. The number of aryl methyl sites for hydroxylation is 1. The number of para-hydroxylation sites is 1. The fraction of sp³-hybridized carbons (Fsp3) is 0.345. The van der Waals surface area contributed by atoms with Crippen LogP contribution in [0.3, 0.4) is 0 Å². The summed E-state index contributed by atoms with van der Waals surface area (Å²) >= 11 is 5.93. The second kappa shape index (κ2) is 10.3. The Hall–Kier alpha value is -3.70. The van der Waals surface area contributed by atoms with Crippen LogP contribution in [0.2, 0.25) is 5.02 Å². The summed E-state index contributed by atoms with van der Waals surface area (Å²) in [4.78, 5) is 10.4. The lowest BCUT2D eigenvalue weighted by Crippen LogP contribution is -2.34. The number of aromatic nitrogens is 4.